The molecule has 0 unspecified atom stereocenters. The van der Waals surface area contributed by atoms with Gasteiger partial charge >= 0.3 is 5.97 Å². The number of rotatable bonds is 4. The van der Waals surface area contributed by atoms with E-state index in [1.807, 2.05) is 12.1 Å². The van der Waals surface area contributed by atoms with Crippen LogP contribution in [0.25, 0.3) is 0 Å². The molecule has 0 atom stereocenters. The number of hydrogen-bond donors (Lipinski definition) is 2. The van der Waals surface area contributed by atoms with Crippen LogP contribution < -0.4 is 0 Å². The molecule has 0 amide bonds. The largest absolute Gasteiger partial charge is 0.508 e. The van der Waals surface area contributed by atoms with Gasteiger partial charge in [0.2, 0.25) is 0 Å². The fourth-order valence-corrected chi connectivity index (χ4v) is 2.93. The van der Waals surface area contributed by atoms with Crippen molar-refractivity contribution in [1.82, 2.24) is 0 Å². The molecule has 19 heavy (non-hydrogen) atoms. The van der Waals surface area contributed by atoms with Crippen LogP contribution in [0.2, 0.25) is 0 Å². The minimum atomic E-state index is -0.774. The second-order valence-corrected chi connectivity index (χ2v) is 5.48. The molecule has 1 aromatic rings. The van der Waals surface area contributed by atoms with Crippen molar-refractivity contribution < 1.29 is 15.0 Å². The van der Waals surface area contributed by atoms with Gasteiger partial charge in [0.15, 0.2) is 0 Å². The standard InChI is InChI=1S/C16H22O3/c17-15-9-7-12(8-10-16(18)19)11-14(15)13-5-3-1-2-4-6-13/h7,9,11,13,17H,1-6,8,10H2,(H,18,19). The molecule has 0 aliphatic heterocycles. The van der Waals surface area contributed by atoms with Gasteiger partial charge < -0.3 is 10.2 Å². The number of carboxylic acids is 1. The fourth-order valence-electron chi connectivity index (χ4n) is 2.93. The van der Waals surface area contributed by atoms with Gasteiger partial charge in [-0.25, -0.2) is 0 Å². The third-order valence-corrected chi connectivity index (χ3v) is 4.01. The molecule has 0 heterocycles. The Balaban J connectivity index is 2.13. The highest BCUT2D eigenvalue weighted by atomic mass is 16.4. The van der Waals surface area contributed by atoms with E-state index in [9.17, 15) is 9.90 Å². The maximum atomic E-state index is 10.6. The SMILES string of the molecule is O=C(O)CCc1ccc(O)c(C2CCCCCC2)c1. The van der Waals surface area contributed by atoms with Gasteiger partial charge in [-0.2, -0.15) is 0 Å². The molecule has 2 rings (SSSR count). The minimum Gasteiger partial charge on any atom is -0.508 e. The summed E-state index contributed by atoms with van der Waals surface area (Å²) >= 11 is 0. The van der Waals surface area contributed by atoms with Crippen LogP contribution in [0.4, 0.5) is 0 Å². The van der Waals surface area contributed by atoms with Crippen LogP contribution >= 0.6 is 0 Å². The lowest BCUT2D eigenvalue weighted by Gasteiger charge is -2.17. The lowest BCUT2D eigenvalue weighted by molar-refractivity contribution is -0.136. The second kappa shape index (κ2) is 6.60. The van der Waals surface area contributed by atoms with Crippen LogP contribution in [0.3, 0.4) is 0 Å². The van der Waals surface area contributed by atoms with E-state index in [4.69, 9.17) is 5.11 Å². The number of aromatic hydroxyl groups is 1. The molecular weight excluding hydrogens is 240 g/mol. The van der Waals surface area contributed by atoms with Crippen molar-refractivity contribution in [3.05, 3.63) is 29.3 Å². The quantitative estimate of drug-likeness (QED) is 0.810. The zero-order chi connectivity index (χ0) is 13.7. The third-order valence-electron chi connectivity index (χ3n) is 4.01. The molecule has 0 spiro atoms. The number of carbonyl (C=O) groups is 1. The van der Waals surface area contributed by atoms with E-state index >= 15 is 0 Å². The lowest BCUT2D eigenvalue weighted by atomic mass is 9.89. The Kier molecular flexibility index (Phi) is 4.83. The zero-order valence-corrected chi connectivity index (χ0v) is 11.3. The maximum absolute atomic E-state index is 10.6. The van der Waals surface area contributed by atoms with Gasteiger partial charge in [-0.1, -0.05) is 37.8 Å². The van der Waals surface area contributed by atoms with Gasteiger partial charge in [-0.05, 0) is 42.4 Å². The van der Waals surface area contributed by atoms with Crippen molar-refractivity contribution in [2.75, 3.05) is 0 Å². The average Bonchev–Trinajstić information content (AvgIpc) is 2.66. The Morgan fingerprint density at radius 3 is 2.47 bits per heavy atom. The molecule has 1 fully saturated rings. The number of hydrogen-bond acceptors (Lipinski definition) is 2. The molecular formula is C16H22O3. The van der Waals surface area contributed by atoms with Gasteiger partial charge in [0.1, 0.15) is 5.75 Å². The molecule has 1 aromatic carbocycles. The summed E-state index contributed by atoms with van der Waals surface area (Å²) < 4.78 is 0. The summed E-state index contributed by atoms with van der Waals surface area (Å²) in [6, 6.07) is 5.56. The van der Waals surface area contributed by atoms with Crippen molar-refractivity contribution in [2.45, 2.75) is 57.3 Å². The molecule has 3 heteroatoms. The van der Waals surface area contributed by atoms with E-state index in [0.29, 0.717) is 18.1 Å². The van der Waals surface area contributed by atoms with Crippen LogP contribution in [-0.2, 0) is 11.2 Å². The van der Waals surface area contributed by atoms with Crippen LogP contribution in [0.5, 0.6) is 5.75 Å². The van der Waals surface area contributed by atoms with E-state index in [1.54, 1.807) is 6.07 Å². The van der Waals surface area contributed by atoms with E-state index in [2.05, 4.69) is 0 Å². The van der Waals surface area contributed by atoms with Crippen molar-refractivity contribution >= 4 is 5.97 Å². The Morgan fingerprint density at radius 2 is 1.84 bits per heavy atom. The van der Waals surface area contributed by atoms with Gasteiger partial charge in [0, 0.05) is 6.42 Å². The van der Waals surface area contributed by atoms with Crippen molar-refractivity contribution in [3.63, 3.8) is 0 Å². The summed E-state index contributed by atoms with van der Waals surface area (Å²) in [5, 5.41) is 18.8. The first-order valence-corrected chi connectivity index (χ1v) is 7.20. The highest BCUT2D eigenvalue weighted by Crippen LogP contribution is 2.36. The average molecular weight is 262 g/mol. The molecule has 2 N–H and O–H groups in total. The zero-order valence-electron chi connectivity index (χ0n) is 11.3. The Bertz CT molecular complexity index is 432. The first kappa shape index (κ1) is 13.9. The van der Waals surface area contributed by atoms with Gasteiger partial charge in [-0.15, -0.1) is 0 Å². The van der Waals surface area contributed by atoms with Crippen LogP contribution in [0.1, 0.15) is 62.0 Å². The normalized spacial score (nSPS) is 17.1. The van der Waals surface area contributed by atoms with Gasteiger partial charge in [0.25, 0.3) is 0 Å². The van der Waals surface area contributed by atoms with Crippen molar-refractivity contribution in [3.8, 4) is 5.75 Å². The topological polar surface area (TPSA) is 57.5 Å². The molecule has 0 radical (unpaired) electrons. The van der Waals surface area contributed by atoms with Crippen LogP contribution in [0, 0.1) is 0 Å². The number of phenolic OH excluding ortho intramolecular Hbond substituents is 1. The molecule has 0 aromatic heterocycles. The van der Waals surface area contributed by atoms with Crippen LogP contribution in [-0.4, -0.2) is 16.2 Å². The summed E-state index contributed by atoms with van der Waals surface area (Å²) in [6.45, 7) is 0. The number of aryl methyl sites for hydroxylation is 1. The molecule has 1 aliphatic carbocycles. The molecule has 0 bridgehead atoms. The van der Waals surface area contributed by atoms with E-state index in [1.165, 1.54) is 25.7 Å². The Labute approximate surface area is 114 Å². The summed E-state index contributed by atoms with van der Waals surface area (Å²) in [4.78, 5) is 10.6. The van der Waals surface area contributed by atoms with Gasteiger partial charge in [0.05, 0.1) is 0 Å². The smallest absolute Gasteiger partial charge is 0.303 e. The first-order valence-electron chi connectivity index (χ1n) is 7.20. The van der Waals surface area contributed by atoms with Crippen LogP contribution in [0.15, 0.2) is 18.2 Å². The molecule has 1 aliphatic rings. The monoisotopic (exact) mass is 262 g/mol. The van der Waals surface area contributed by atoms with Crippen molar-refractivity contribution in [1.29, 1.82) is 0 Å². The Morgan fingerprint density at radius 1 is 1.16 bits per heavy atom. The molecule has 1 saturated carbocycles. The van der Waals surface area contributed by atoms with E-state index in [-0.39, 0.29) is 6.42 Å². The number of aliphatic carboxylic acids is 1. The summed E-state index contributed by atoms with van der Waals surface area (Å²) in [6.07, 6.45) is 7.98. The lowest BCUT2D eigenvalue weighted by Crippen LogP contribution is -2.01. The number of carboxylic acid groups (broad SMARTS) is 1. The predicted octanol–water partition coefficient (Wildman–Crippen LogP) is 3.85. The summed E-state index contributed by atoms with van der Waals surface area (Å²) in [7, 11) is 0. The molecule has 104 valence electrons. The Hall–Kier alpha value is -1.51. The maximum Gasteiger partial charge on any atom is 0.303 e. The third kappa shape index (κ3) is 3.98. The fraction of sp³-hybridized carbons (Fsp3) is 0.562. The summed E-state index contributed by atoms with van der Waals surface area (Å²) in [5.41, 5.74) is 2.03. The first-order chi connectivity index (χ1) is 9.16. The summed E-state index contributed by atoms with van der Waals surface area (Å²) in [5.74, 6) is 0.0299. The highest BCUT2D eigenvalue weighted by Gasteiger charge is 2.18. The number of benzene rings is 1. The molecule has 3 nitrogen and oxygen atoms in total. The minimum absolute atomic E-state index is 0.148. The van der Waals surface area contributed by atoms with Crippen molar-refractivity contribution in [2.24, 2.45) is 0 Å². The molecule has 0 saturated heterocycles. The number of phenols is 1. The second-order valence-electron chi connectivity index (χ2n) is 5.48. The highest BCUT2D eigenvalue weighted by molar-refractivity contribution is 5.67. The van der Waals surface area contributed by atoms with E-state index < -0.39 is 5.97 Å². The van der Waals surface area contributed by atoms with Gasteiger partial charge in [-0.3, -0.25) is 4.79 Å². The predicted molar refractivity (Wildman–Crippen MR) is 74.5 cm³/mol. The van der Waals surface area contributed by atoms with E-state index in [0.717, 1.165) is 24.0 Å².